The molecule has 0 bridgehead atoms. The molecule has 3 heterocycles. The summed E-state index contributed by atoms with van der Waals surface area (Å²) in [5, 5.41) is 10.3. The van der Waals surface area contributed by atoms with Crippen molar-refractivity contribution >= 4 is 11.9 Å². The van der Waals surface area contributed by atoms with Crippen molar-refractivity contribution in [2.24, 2.45) is 0 Å². The van der Waals surface area contributed by atoms with Crippen LogP contribution in [0.25, 0.3) is 0 Å². The number of carbonyl (C=O) groups excluding carboxylic acids is 2. The highest BCUT2D eigenvalue weighted by Crippen LogP contribution is 2.33. The van der Waals surface area contributed by atoms with E-state index in [-0.39, 0.29) is 18.5 Å². The molecule has 3 aliphatic rings. The van der Waals surface area contributed by atoms with Gasteiger partial charge in [-0.05, 0) is 38.8 Å². The first-order valence-corrected chi connectivity index (χ1v) is 8.98. The second-order valence-corrected chi connectivity index (χ2v) is 7.21. The molecule has 1 saturated carbocycles. The van der Waals surface area contributed by atoms with Gasteiger partial charge >= 0.3 is 6.03 Å². The standard InChI is InChI=1S/C17H24N4O3/c22-15-17(6-8-18-9-7-17)19-16(23)21(15)11-13-10-14(20-24-13)12-4-2-1-3-5-12/h10,12,18H,1-9,11H2,(H,19,23). The first-order chi connectivity index (χ1) is 11.7. The fourth-order valence-electron chi connectivity index (χ4n) is 4.16. The molecule has 0 unspecified atom stereocenters. The summed E-state index contributed by atoms with van der Waals surface area (Å²) in [4.78, 5) is 26.3. The molecule has 0 atom stereocenters. The van der Waals surface area contributed by atoms with Crippen molar-refractivity contribution < 1.29 is 14.1 Å². The van der Waals surface area contributed by atoms with E-state index >= 15 is 0 Å². The molecule has 24 heavy (non-hydrogen) atoms. The van der Waals surface area contributed by atoms with Gasteiger partial charge in [-0.3, -0.25) is 9.69 Å². The van der Waals surface area contributed by atoms with E-state index in [1.807, 2.05) is 6.07 Å². The van der Waals surface area contributed by atoms with Crippen molar-refractivity contribution in [2.45, 2.75) is 62.9 Å². The molecule has 130 valence electrons. The Kier molecular flexibility index (Phi) is 4.04. The molecule has 3 fully saturated rings. The second kappa shape index (κ2) is 6.20. The smallest absolute Gasteiger partial charge is 0.325 e. The number of urea groups is 1. The highest BCUT2D eigenvalue weighted by molar-refractivity contribution is 6.07. The highest BCUT2D eigenvalue weighted by atomic mass is 16.5. The zero-order chi connectivity index (χ0) is 16.6. The largest absolute Gasteiger partial charge is 0.359 e. The molecule has 1 aromatic heterocycles. The van der Waals surface area contributed by atoms with Crippen LogP contribution in [0.2, 0.25) is 0 Å². The summed E-state index contributed by atoms with van der Waals surface area (Å²) >= 11 is 0. The van der Waals surface area contributed by atoms with E-state index in [4.69, 9.17) is 4.52 Å². The number of carbonyl (C=O) groups is 2. The number of nitrogens with one attached hydrogen (secondary N) is 2. The molecule has 0 radical (unpaired) electrons. The van der Waals surface area contributed by atoms with Gasteiger partial charge in [0.05, 0.1) is 12.2 Å². The Bertz CT molecular complexity index is 630. The van der Waals surface area contributed by atoms with Crippen LogP contribution < -0.4 is 10.6 Å². The fraction of sp³-hybridized carbons (Fsp3) is 0.706. The van der Waals surface area contributed by atoms with Crippen LogP contribution in [-0.2, 0) is 11.3 Å². The summed E-state index contributed by atoms with van der Waals surface area (Å²) in [6.07, 6.45) is 7.32. The van der Waals surface area contributed by atoms with Crippen LogP contribution in [-0.4, -0.2) is 40.6 Å². The van der Waals surface area contributed by atoms with E-state index in [1.54, 1.807) is 0 Å². The minimum absolute atomic E-state index is 0.135. The summed E-state index contributed by atoms with van der Waals surface area (Å²) in [6.45, 7) is 1.65. The normalized spacial score (nSPS) is 24.6. The summed E-state index contributed by atoms with van der Waals surface area (Å²) in [5.74, 6) is 0.907. The fourth-order valence-corrected chi connectivity index (χ4v) is 4.16. The third kappa shape index (κ3) is 2.70. The minimum Gasteiger partial charge on any atom is -0.359 e. The molecule has 1 aromatic rings. The molecule has 0 aromatic carbocycles. The molecule has 1 aliphatic carbocycles. The van der Waals surface area contributed by atoms with Crippen LogP contribution in [0.5, 0.6) is 0 Å². The molecular weight excluding hydrogens is 308 g/mol. The SMILES string of the molecule is O=C1NC2(CCNCC2)C(=O)N1Cc1cc(C2CCCCC2)no1. The highest BCUT2D eigenvalue weighted by Gasteiger charge is 2.51. The van der Waals surface area contributed by atoms with Gasteiger partial charge in [-0.15, -0.1) is 0 Å². The number of nitrogens with zero attached hydrogens (tertiary/aromatic N) is 2. The lowest BCUT2D eigenvalue weighted by Gasteiger charge is -2.30. The average molecular weight is 332 g/mol. The summed E-state index contributed by atoms with van der Waals surface area (Å²) < 4.78 is 5.42. The zero-order valence-corrected chi connectivity index (χ0v) is 13.8. The van der Waals surface area contributed by atoms with Crippen LogP contribution in [0.4, 0.5) is 4.79 Å². The maximum Gasteiger partial charge on any atom is 0.325 e. The third-order valence-corrected chi connectivity index (χ3v) is 5.62. The molecule has 2 saturated heterocycles. The molecule has 3 amide bonds. The molecule has 2 N–H and O–H groups in total. The molecule has 7 heteroatoms. The van der Waals surface area contributed by atoms with Crippen molar-refractivity contribution in [3.63, 3.8) is 0 Å². The monoisotopic (exact) mass is 332 g/mol. The molecular formula is C17H24N4O3. The maximum absolute atomic E-state index is 12.8. The van der Waals surface area contributed by atoms with Gasteiger partial charge in [0.2, 0.25) is 0 Å². The van der Waals surface area contributed by atoms with E-state index in [9.17, 15) is 9.59 Å². The van der Waals surface area contributed by atoms with Crippen LogP contribution >= 0.6 is 0 Å². The topological polar surface area (TPSA) is 87.5 Å². The number of hydrogen-bond donors (Lipinski definition) is 2. The zero-order valence-electron chi connectivity index (χ0n) is 13.8. The van der Waals surface area contributed by atoms with Gasteiger partial charge in [0.25, 0.3) is 5.91 Å². The number of rotatable bonds is 3. The number of piperidine rings is 1. The summed E-state index contributed by atoms with van der Waals surface area (Å²) in [7, 11) is 0. The lowest BCUT2D eigenvalue weighted by atomic mass is 9.87. The lowest BCUT2D eigenvalue weighted by molar-refractivity contribution is -0.132. The number of imide groups is 1. The van der Waals surface area contributed by atoms with Gasteiger partial charge in [0, 0.05) is 12.0 Å². The Morgan fingerprint density at radius 1 is 1.21 bits per heavy atom. The number of amides is 3. The van der Waals surface area contributed by atoms with Crippen LogP contribution in [0, 0.1) is 0 Å². The van der Waals surface area contributed by atoms with Gasteiger partial charge in [-0.25, -0.2) is 4.79 Å². The van der Waals surface area contributed by atoms with Crippen molar-refractivity contribution in [2.75, 3.05) is 13.1 Å². The maximum atomic E-state index is 12.8. The first kappa shape index (κ1) is 15.6. The van der Waals surface area contributed by atoms with Gasteiger partial charge in [0.15, 0.2) is 5.76 Å². The Hall–Kier alpha value is -1.89. The minimum atomic E-state index is -0.728. The average Bonchev–Trinajstić information content (AvgIpc) is 3.16. The lowest BCUT2D eigenvalue weighted by Crippen LogP contribution is -2.53. The van der Waals surface area contributed by atoms with Crippen molar-refractivity contribution in [1.82, 2.24) is 20.7 Å². The van der Waals surface area contributed by atoms with Gasteiger partial charge in [-0.1, -0.05) is 24.4 Å². The third-order valence-electron chi connectivity index (χ3n) is 5.62. The Balaban J connectivity index is 1.46. The van der Waals surface area contributed by atoms with Gasteiger partial charge in [0.1, 0.15) is 5.54 Å². The van der Waals surface area contributed by atoms with Crippen molar-refractivity contribution in [3.8, 4) is 0 Å². The Morgan fingerprint density at radius 2 is 1.96 bits per heavy atom. The van der Waals surface area contributed by atoms with Gasteiger partial charge in [-0.2, -0.15) is 0 Å². The number of hydrogen-bond acceptors (Lipinski definition) is 5. The van der Waals surface area contributed by atoms with E-state index in [1.165, 1.54) is 24.2 Å². The Labute approximate surface area is 141 Å². The summed E-state index contributed by atoms with van der Waals surface area (Å²) in [5.41, 5.74) is 0.238. The number of aromatic nitrogens is 1. The van der Waals surface area contributed by atoms with Crippen LogP contribution in [0.1, 0.15) is 62.3 Å². The Morgan fingerprint density at radius 3 is 2.71 bits per heavy atom. The van der Waals surface area contributed by atoms with Crippen molar-refractivity contribution in [3.05, 3.63) is 17.5 Å². The molecule has 1 spiro atoms. The van der Waals surface area contributed by atoms with Crippen LogP contribution in [0.15, 0.2) is 10.6 Å². The van der Waals surface area contributed by atoms with E-state index in [0.29, 0.717) is 24.5 Å². The predicted octanol–water partition coefficient (Wildman–Crippen LogP) is 1.90. The summed E-state index contributed by atoms with van der Waals surface area (Å²) in [6, 6.07) is 1.60. The molecule has 2 aliphatic heterocycles. The molecule has 7 nitrogen and oxygen atoms in total. The van der Waals surface area contributed by atoms with Crippen molar-refractivity contribution in [1.29, 1.82) is 0 Å². The second-order valence-electron chi connectivity index (χ2n) is 7.21. The van der Waals surface area contributed by atoms with Crippen LogP contribution in [0.3, 0.4) is 0 Å². The predicted molar refractivity (Wildman–Crippen MR) is 86.2 cm³/mol. The molecule has 4 rings (SSSR count). The first-order valence-electron chi connectivity index (χ1n) is 8.98. The van der Waals surface area contributed by atoms with E-state index in [2.05, 4.69) is 15.8 Å². The van der Waals surface area contributed by atoms with Gasteiger partial charge < -0.3 is 15.2 Å². The van der Waals surface area contributed by atoms with E-state index < -0.39 is 5.54 Å². The quantitative estimate of drug-likeness (QED) is 0.826. The van der Waals surface area contributed by atoms with E-state index in [0.717, 1.165) is 31.6 Å².